The van der Waals surface area contributed by atoms with Crippen molar-refractivity contribution in [2.75, 3.05) is 26.3 Å². The number of carbonyl (C=O) groups is 2. The van der Waals surface area contributed by atoms with Crippen LogP contribution < -0.4 is 10.6 Å². The molecule has 3 aliphatic rings. The van der Waals surface area contributed by atoms with Crippen molar-refractivity contribution >= 4 is 23.6 Å². The Hall–Kier alpha value is -1.94. The van der Waals surface area contributed by atoms with Crippen LogP contribution in [0.25, 0.3) is 0 Å². The van der Waals surface area contributed by atoms with Gasteiger partial charge in [0.1, 0.15) is 0 Å². The Morgan fingerprint density at radius 2 is 2.23 bits per heavy atom. The number of nitrogens with one attached hydrogen (secondary N) is 2. The number of aromatic nitrogens is 1. The van der Waals surface area contributed by atoms with E-state index in [9.17, 15) is 14.7 Å². The molecule has 0 aromatic carbocycles. The lowest BCUT2D eigenvalue weighted by Gasteiger charge is -2.46. The van der Waals surface area contributed by atoms with Crippen molar-refractivity contribution in [1.29, 1.82) is 0 Å². The van der Waals surface area contributed by atoms with Crippen molar-refractivity contribution in [3.8, 4) is 0 Å². The molecule has 1 aromatic rings. The third-order valence-electron chi connectivity index (χ3n) is 7.33. The van der Waals surface area contributed by atoms with Gasteiger partial charge >= 0.3 is 0 Å². The first-order valence-electron chi connectivity index (χ1n) is 12.7. The minimum absolute atomic E-state index is 0.0200. The summed E-state index contributed by atoms with van der Waals surface area (Å²) in [6.45, 7) is 8.33. The minimum atomic E-state index is -0.625. The molecule has 192 valence electrons. The van der Waals surface area contributed by atoms with Crippen LogP contribution in [0, 0.1) is 11.8 Å². The molecule has 3 N–H and O–H groups in total. The molecule has 2 saturated heterocycles. The van der Waals surface area contributed by atoms with Crippen molar-refractivity contribution in [2.24, 2.45) is 11.8 Å². The summed E-state index contributed by atoms with van der Waals surface area (Å²) >= 11 is 1.79. The number of aliphatic hydroxyl groups excluding tert-OH is 1. The standard InChI is InChI=1S/C26H38N4O4S/c1-16-23-22(18(3)31)26(33)30(23)17(2)24(16)35-20-13-21(29-15-20)25(32)28-10-12-34-11-5-4-7-19-8-6-9-27-14-19/h6,8-9,14,16,18,20-23,29,31H,4-5,7,10-13,15H2,1-3H3,(H,28,32). The number of ether oxygens (including phenoxy) is 1. The number of unbranched alkanes of at least 4 members (excludes halogenated alkanes) is 1. The van der Waals surface area contributed by atoms with Crippen LogP contribution in [0.5, 0.6) is 0 Å². The average Bonchev–Trinajstić information content (AvgIpc) is 3.38. The molecule has 2 amide bonds. The molecule has 1 aromatic heterocycles. The molecule has 0 aliphatic carbocycles. The third kappa shape index (κ3) is 5.90. The smallest absolute Gasteiger partial charge is 0.237 e. The predicted molar refractivity (Wildman–Crippen MR) is 136 cm³/mol. The molecule has 35 heavy (non-hydrogen) atoms. The second-order valence-corrected chi connectivity index (χ2v) is 11.2. The maximum absolute atomic E-state index is 12.6. The lowest BCUT2D eigenvalue weighted by atomic mass is 9.79. The van der Waals surface area contributed by atoms with Gasteiger partial charge in [-0.1, -0.05) is 13.0 Å². The fourth-order valence-electron chi connectivity index (χ4n) is 5.47. The number of aliphatic hydroxyl groups is 1. The van der Waals surface area contributed by atoms with Crippen LogP contribution in [-0.4, -0.2) is 76.5 Å². The second-order valence-electron chi connectivity index (χ2n) is 9.86. The Kier molecular flexibility index (Phi) is 8.86. The summed E-state index contributed by atoms with van der Waals surface area (Å²) in [6, 6.07) is 3.91. The maximum Gasteiger partial charge on any atom is 0.237 e. The van der Waals surface area contributed by atoms with Gasteiger partial charge in [0.2, 0.25) is 11.8 Å². The van der Waals surface area contributed by atoms with E-state index in [0.29, 0.717) is 19.8 Å². The summed E-state index contributed by atoms with van der Waals surface area (Å²) in [4.78, 5) is 32.3. The zero-order valence-corrected chi connectivity index (χ0v) is 21.7. The summed E-state index contributed by atoms with van der Waals surface area (Å²) in [7, 11) is 0. The van der Waals surface area contributed by atoms with E-state index in [1.807, 2.05) is 24.1 Å². The summed E-state index contributed by atoms with van der Waals surface area (Å²) in [5.74, 6) is -0.0394. The molecule has 0 bridgehead atoms. The quantitative estimate of drug-likeness (QED) is 0.297. The molecule has 6 atom stereocenters. The number of rotatable bonds is 12. The van der Waals surface area contributed by atoms with E-state index in [-0.39, 0.29) is 41.0 Å². The van der Waals surface area contributed by atoms with Gasteiger partial charge in [-0.05, 0) is 51.2 Å². The van der Waals surface area contributed by atoms with Gasteiger partial charge in [0, 0.05) is 53.9 Å². The predicted octanol–water partition coefficient (Wildman–Crippen LogP) is 2.09. The number of hydrogen-bond acceptors (Lipinski definition) is 7. The molecule has 6 unspecified atom stereocenters. The van der Waals surface area contributed by atoms with Gasteiger partial charge in [-0.3, -0.25) is 14.6 Å². The van der Waals surface area contributed by atoms with Crippen LogP contribution in [-0.2, 0) is 20.7 Å². The Morgan fingerprint density at radius 1 is 1.40 bits per heavy atom. The summed E-state index contributed by atoms with van der Waals surface area (Å²) < 4.78 is 5.67. The van der Waals surface area contributed by atoms with Crippen molar-refractivity contribution in [3.63, 3.8) is 0 Å². The first-order chi connectivity index (χ1) is 16.9. The third-order valence-corrected chi connectivity index (χ3v) is 8.94. The Morgan fingerprint density at radius 3 is 2.97 bits per heavy atom. The first kappa shape index (κ1) is 26.1. The van der Waals surface area contributed by atoms with Crippen molar-refractivity contribution in [1.82, 2.24) is 20.5 Å². The van der Waals surface area contributed by atoms with Gasteiger partial charge < -0.3 is 25.4 Å². The SMILES string of the molecule is CC1=C(SC2CNC(C(=O)NCCOCCCCc3cccnc3)C2)C(C)C2C(C(C)O)C(=O)N12. The second kappa shape index (κ2) is 11.9. The number of allylic oxidation sites excluding steroid dienone is 1. The van der Waals surface area contributed by atoms with E-state index < -0.39 is 6.10 Å². The van der Waals surface area contributed by atoms with Crippen LogP contribution >= 0.6 is 11.8 Å². The Labute approximate surface area is 212 Å². The highest BCUT2D eigenvalue weighted by Crippen LogP contribution is 2.51. The number of amides is 2. The number of carbonyl (C=O) groups excluding carboxylic acids is 2. The van der Waals surface area contributed by atoms with Crippen molar-refractivity contribution < 1.29 is 19.4 Å². The summed E-state index contributed by atoms with van der Waals surface area (Å²) in [5.41, 5.74) is 2.26. The lowest BCUT2D eigenvalue weighted by molar-refractivity contribution is -0.159. The molecule has 4 heterocycles. The van der Waals surface area contributed by atoms with Crippen molar-refractivity contribution in [3.05, 3.63) is 40.7 Å². The highest BCUT2D eigenvalue weighted by molar-refractivity contribution is 8.03. The van der Waals surface area contributed by atoms with Crippen molar-refractivity contribution in [2.45, 2.75) is 69.9 Å². The van der Waals surface area contributed by atoms with Gasteiger partial charge in [0.15, 0.2) is 0 Å². The van der Waals surface area contributed by atoms with Gasteiger partial charge in [0.25, 0.3) is 0 Å². The van der Waals surface area contributed by atoms with E-state index in [0.717, 1.165) is 37.9 Å². The first-order valence-corrected chi connectivity index (χ1v) is 13.6. The monoisotopic (exact) mass is 502 g/mol. The van der Waals surface area contributed by atoms with Gasteiger partial charge in [-0.15, -0.1) is 11.8 Å². The number of pyridine rings is 1. The fourth-order valence-corrected chi connectivity index (χ4v) is 6.92. The topological polar surface area (TPSA) is 104 Å². The van der Waals surface area contributed by atoms with E-state index >= 15 is 0 Å². The number of thioether (sulfide) groups is 1. The van der Waals surface area contributed by atoms with Crippen LogP contribution in [0.3, 0.4) is 0 Å². The molecule has 0 spiro atoms. The van der Waals surface area contributed by atoms with Gasteiger partial charge in [-0.2, -0.15) is 0 Å². The molecular formula is C26H38N4O4S. The Balaban J connectivity index is 1.11. The van der Waals surface area contributed by atoms with Gasteiger partial charge in [0.05, 0.1) is 30.7 Å². The lowest BCUT2D eigenvalue weighted by Crippen LogP contribution is -2.62. The molecule has 0 radical (unpaired) electrons. The minimum Gasteiger partial charge on any atom is -0.393 e. The Bertz CT molecular complexity index is 925. The maximum atomic E-state index is 12.6. The number of fused-ring (bicyclic) bond motifs is 1. The summed E-state index contributed by atoms with van der Waals surface area (Å²) in [6.07, 6.45) is 6.87. The number of nitrogens with zero attached hydrogens (tertiary/aromatic N) is 2. The average molecular weight is 503 g/mol. The molecule has 8 nitrogen and oxygen atoms in total. The summed E-state index contributed by atoms with van der Waals surface area (Å²) in [5, 5.41) is 16.6. The molecule has 9 heteroatoms. The van der Waals surface area contributed by atoms with E-state index in [4.69, 9.17) is 4.74 Å². The number of hydrogen-bond donors (Lipinski definition) is 3. The van der Waals surface area contributed by atoms with E-state index in [1.165, 1.54) is 10.5 Å². The zero-order valence-electron chi connectivity index (χ0n) is 20.9. The normalized spacial score (nSPS) is 28.7. The van der Waals surface area contributed by atoms with Gasteiger partial charge in [-0.25, -0.2) is 0 Å². The van der Waals surface area contributed by atoms with E-state index in [2.05, 4.69) is 28.6 Å². The molecule has 2 fully saturated rings. The van der Waals surface area contributed by atoms with Crippen LogP contribution in [0.15, 0.2) is 35.1 Å². The van der Waals surface area contributed by atoms with Crippen LogP contribution in [0.2, 0.25) is 0 Å². The number of β-lactam (4-membered cyclic amide) rings is 1. The highest BCUT2D eigenvalue weighted by atomic mass is 32.2. The highest BCUT2D eigenvalue weighted by Gasteiger charge is 2.57. The van der Waals surface area contributed by atoms with Crippen LogP contribution in [0.4, 0.5) is 0 Å². The largest absolute Gasteiger partial charge is 0.393 e. The van der Waals surface area contributed by atoms with Crippen LogP contribution in [0.1, 0.15) is 45.6 Å². The number of aryl methyl sites for hydroxylation is 1. The molecule has 4 rings (SSSR count). The molecular weight excluding hydrogens is 464 g/mol. The van der Waals surface area contributed by atoms with E-state index in [1.54, 1.807) is 24.9 Å². The fraction of sp³-hybridized carbons (Fsp3) is 0.654. The molecule has 3 aliphatic heterocycles. The molecule has 0 saturated carbocycles. The zero-order chi connectivity index (χ0) is 24.9.